The summed E-state index contributed by atoms with van der Waals surface area (Å²) in [5.74, 6) is 0.838. The zero-order valence-electron chi connectivity index (χ0n) is 10.5. The van der Waals surface area contributed by atoms with Gasteiger partial charge in [-0.05, 0) is 31.0 Å². The number of aromatic nitrogens is 2. The van der Waals surface area contributed by atoms with Crippen LogP contribution >= 0.6 is 0 Å². The fourth-order valence-electron chi connectivity index (χ4n) is 1.70. The summed E-state index contributed by atoms with van der Waals surface area (Å²) in [6, 6.07) is 7.55. The number of rotatable bonds is 6. The van der Waals surface area contributed by atoms with Crippen LogP contribution in [0.3, 0.4) is 0 Å². The third-order valence-electron chi connectivity index (χ3n) is 2.75. The van der Waals surface area contributed by atoms with Gasteiger partial charge in [0.15, 0.2) is 0 Å². The molecule has 4 heteroatoms. The van der Waals surface area contributed by atoms with Gasteiger partial charge in [0.25, 0.3) is 0 Å². The van der Waals surface area contributed by atoms with Crippen LogP contribution in [0.1, 0.15) is 25.0 Å². The maximum Gasteiger partial charge on any atom is 0.119 e. The van der Waals surface area contributed by atoms with Gasteiger partial charge in [0.1, 0.15) is 5.75 Å². The van der Waals surface area contributed by atoms with Crippen LogP contribution in [-0.4, -0.2) is 21.3 Å². The zero-order chi connectivity index (χ0) is 12.8. The standard InChI is InChI=1S/C14H18N2O2/c1-12(17)13-3-5-14(6-4-13)18-10-2-8-16-9-7-15-11-16/h3-7,9,11-12,17H,2,8,10H2,1H3. The van der Waals surface area contributed by atoms with Crippen LogP contribution in [0.2, 0.25) is 0 Å². The van der Waals surface area contributed by atoms with Gasteiger partial charge in [-0.1, -0.05) is 12.1 Å². The van der Waals surface area contributed by atoms with E-state index >= 15 is 0 Å². The lowest BCUT2D eigenvalue weighted by Gasteiger charge is -2.08. The second-order valence-corrected chi connectivity index (χ2v) is 4.25. The number of aliphatic hydroxyl groups excluding tert-OH is 1. The van der Waals surface area contributed by atoms with E-state index in [4.69, 9.17) is 4.74 Å². The Bertz CT molecular complexity index is 449. The highest BCUT2D eigenvalue weighted by atomic mass is 16.5. The SMILES string of the molecule is CC(O)c1ccc(OCCCn2ccnc2)cc1. The van der Waals surface area contributed by atoms with Crippen LogP contribution in [0.4, 0.5) is 0 Å². The molecule has 2 rings (SSSR count). The van der Waals surface area contributed by atoms with E-state index in [1.54, 1.807) is 19.4 Å². The highest BCUT2D eigenvalue weighted by Crippen LogP contribution is 2.17. The molecule has 1 atom stereocenters. The Morgan fingerprint density at radius 3 is 2.72 bits per heavy atom. The largest absolute Gasteiger partial charge is 0.494 e. The van der Waals surface area contributed by atoms with Crippen molar-refractivity contribution in [1.82, 2.24) is 9.55 Å². The predicted octanol–water partition coefficient (Wildman–Crippen LogP) is 2.41. The smallest absolute Gasteiger partial charge is 0.119 e. The first-order valence-corrected chi connectivity index (χ1v) is 6.12. The summed E-state index contributed by atoms with van der Waals surface area (Å²) < 4.78 is 7.65. The van der Waals surface area contributed by atoms with Gasteiger partial charge in [0.05, 0.1) is 19.0 Å². The highest BCUT2D eigenvalue weighted by Gasteiger charge is 2.00. The van der Waals surface area contributed by atoms with Crippen molar-refractivity contribution in [3.8, 4) is 5.75 Å². The fourth-order valence-corrected chi connectivity index (χ4v) is 1.70. The average molecular weight is 246 g/mol. The van der Waals surface area contributed by atoms with Crippen molar-refractivity contribution in [2.75, 3.05) is 6.61 Å². The van der Waals surface area contributed by atoms with Gasteiger partial charge >= 0.3 is 0 Å². The molecule has 0 fully saturated rings. The molecule has 0 saturated heterocycles. The van der Waals surface area contributed by atoms with E-state index in [9.17, 15) is 5.11 Å². The highest BCUT2D eigenvalue weighted by molar-refractivity contribution is 5.28. The van der Waals surface area contributed by atoms with Crippen molar-refractivity contribution in [2.24, 2.45) is 0 Å². The van der Waals surface area contributed by atoms with Crippen molar-refractivity contribution in [3.05, 3.63) is 48.5 Å². The second-order valence-electron chi connectivity index (χ2n) is 4.25. The van der Waals surface area contributed by atoms with E-state index in [2.05, 4.69) is 4.98 Å². The number of ether oxygens (including phenoxy) is 1. The van der Waals surface area contributed by atoms with Crippen LogP contribution in [0.5, 0.6) is 5.75 Å². The molecule has 0 spiro atoms. The predicted molar refractivity (Wildman–Crippen MR) is 69.4 cm³/mol. The Morgan fingerprint density at radius 1 is 1.33 bits per heavy atom. The van der Waals surface area contributed by atoms with Crippen molar-refractivity contribution in [1.29, 1.82) is 0 Å². The van der Waals surface area contributed by atoms with Crippen molar-refractivity contribution >= 4 is 0 Å². The monoisotopic (exact) mass is 246 g/mol. The molecule has 1 N–H and O–H groups in total. The maximum absolute atomic E-state index is 9.38. The molecule has 0 aliphatic heterocycles. The maximum atomic E-state index is 9.38. The van der Waals surface area contributed by atoms with Crippen molar-refractivity contribution in [3.63, 3.8) is 0 Å². The summed E-state index contributed by atoms with van der Waals surface area (Å²) in [5.41, 5.74) is 0.903. The van der Waals surface area contributed by atoms with Gasteiger partial charge in [-0.15, -0.1) is 0 Å². The van der Waals surface area contributed by atoms with E-state index in [-0.39, 0.29) is 0 Å². The molecule has 18 heavy (non-hydrogen) atoms. The number of nitrogens with zero attached hydrogens (tertiary/aromatic N) is 2. The second kappa shape index (κ2) is 6.21. The number of hydrogen-bond acceptors (Lipinski definition) is 3. The number of hydrogen-bond donors (Lipinski definition) is 1. The third kappa shape index (κ3) is 3.60. The Morgan fingerprint density at radius 2 is 2.11 bits per heavy atom. The molecule has 0 bridgehead atoms. The van der Waals surface area contributed by atoms with E-state index in [0.29, 0.717) is 6.61 Å². The zero-order valence-corrected chi connectivity index (χ0v) is 10.5. The number of imidazole rings is 1. The van der Waals surface area contributed by atoms with E-state index in [0.717, 1.165) is 24.3 Å². The lowest BCUT2D eigenvalue weighted by atomic mass is 10.1. The Labute approximate surface area is 107 Å². The third-order valence-corrected chi connectivity index (χ3v) is 2.75. The van der Waals surface area contributed by atoms with Gasteiger partial charge in [-0.3, -0.25) is 0 Å². The topological polar surface area (TPSA) is 47.3 Å². The molecular weight excluding hydrogens is 228 g/mol. The fraction of sp³-hybridized carbons (Fsp3) is 0.357. The minimum absolute atomic E-state index is 0.430. The first-order valence-electron chi connectivity index (χ1n) is 6.12. The summed E-state index contributed by atoms with van der Waals surface area (Å²) in [6.45, 7) is 3.33. The molecule has 0 amide bonds. The quantitative estimate of drug-likeness (QED) is 0.796. The van der Waals surface area contributed by atoms with Crippen LogP contribution in [0, 0.1) is 0 Å². The lowest BCUT2D eigenvalue weighted by Crippen LogP contribution is -2.03. The Hall–Kier alpha value is -1.81. The van der Waals surface area contributed by atoms with Gasteiger partial charge in [0.2, 0.25) is 0 Å². The molecule has 0 saturated carbocycles. The van der Waals surface area contributed by atoms with Gasteiger partial charge < -0.3 is 14.4 Å². The summed E-state index contributed by atoms with van der Waals surface area (Å²) in [4.78, 5) is 3.98. The number of aryl methyl sites for hydroxylation is 1. The molecule has 0 aliphatic rings. The Kier molecular flexibility index (Phi) is 4.36. The molecule has 0 radical (unpaired) electrons. The summed E-state index contributed by atoms with van der Waals surface area (Å²) in [7, 11) is 0. The van der Waals surface area contributed by atoms with E-state index in [1.165, 1.54) is 0 Å². The average Bonchev–Trinajstić information content (AvgIpc) is 2.88. The molecule has 2 aromatic rings. The van der Waals surface area contributed by atoms with Crippen LogP contribution in [0.15, 0.2) is 43.0 Å². The molecular formula is C14H18N2O2. The summed E-state index contributed by atoms with van der Waals surface area (Å²) in [5, 5.41) is 9.38. The van der Waals surface area contributed by atoms with Crippen LogP contribution < -0.4 is 4.74 Å². The molecule has 1 aromatic heterocycles. The number of benzene rings is 1. The minimum atomic E-state index is -0.430. The first kappa shape index (κ1) is 12.6. The van der Waals surface area contributed by atoms with Crippen LogP contribution in [-0.2, 0) is 6.54 Å². The van der Waals surface area contributed by atoms with Crippen molar-refractivity contribution < 1.29 is 9.84 Å². The molecule has 4 nitrogen and oxygen atoms in total. The van der Waals surface area contributed by atoms with E-state index in [1.807, 2.05) is 35.0 Å². The first-order chi connectivity index (χ1) is 8.75. The normalized spacial score (nSPS) is 12.3. The number of aliphatic hydroxyl groups is 1. The van der Waals surface area contributed by atoms with Crippen LogP contribution in [0.25, 0.3) is 0 Å². The van der Waals surface area contributed by atoms with E-state index < -0.39 is 6.10 Å². The Balaban J connectivity index is 1.73. The summed E-state index contributed by atoms with van der Waals surface area (Å²) >= 11 is 0. The van der Waals surface area contributed by atoms with Gasteiger partial charge in [-0.25, -0.2) is 4.98 Å². The van der Waals surface area contributed by atoms with Gasteiger partial charge in [0, 0.05) is 18.9 Å². The molecule has 96 valence electrons. The lowest BCUT2D eigenvalue weighted by molar-refractivity contribution is 0.199. The van der Waals surface area contributed by atoms with Gasteiger partial charge in [-0.2, -0.15) is 0 Å². The molecule has 1 aromatic carbocycles. The van der Waals surface area contributed by atoms with Crippen molar-refractivity contribution in [2.45, 2.75) is 26.0 Å². The molecule has 0 aliphatic carbocycles. The molecule has 1 heterocycles. The minimum Gasteiger partial charge on any atom is -0.494 e. The molecule has 1 unspecified atom stereocenters. The summed E-state index contributed by atoms with van der Waals surface area (Å²) in [6.07, 6.45) is 6.03.